The molecule has 1 amide bonds. The number of anilines is 1. The molecule has 0 unspecified atom stereocenters. The number of nitrogens with zero attached hydrogens (tertiary/aromatic N) is 1. The largest absolute Gasteiger partial charge is 0.480 e. The first-order valence-electron chi connectivity index (χ1n) is 7.07. The van der Waals surface area contributed by atoms with Gasteiger partial charge in [-0.3, -0.25) is 19.3 Å². The van der Waals surface area contributed by atoms with Gasteiger partial charge in [0.25, 0.3) is 0 Å². The van der Waals surface area contributed by atoms with Gasteiger partial charge in [0.05, 0.1) is 35.4 Å². The second-order valence-corrected chi connectivity index (χ2v) is 9.26. The molecule has 17 heteroatoms. The maximum Gasteiger partial charge on any atom is 0.317 e. The fraction of sp³-hybridized carbons (Fsp3) is 0.250. The molecule has 0 saturated heterocycles. The fourth-order valence-electron chi connectivity index (χ4n) is 2.06. The third-order valence-corrected chi connectivity index (χ3v) is 5.95. The number of rotatable bonds is 9. The van der Waals surface area contributed by atoms with E-state index < -0.39 is 83.1 Å². The SMILES string of the molecule is NS(=O)(=O)c1cc(S(N)(=O)=O)c(NC(=O)CN(CC(=O)O)CC(=O)O)c(Cl)c1Cl. The number of hydrogen-bond donors (Lipinski definition) is 5. The molecule has 1 aromatic rings. The van der Waals surface area contributed by atoms with E-state index in [9.17, 15) is 31.2 Å². The average Bonchev–Trinajstić information content (AvgIpc) is 2.47. The van der Waals surface area contributed by atoms with Crippen LogP contribution in [-0.2, 0) is 34.4 Å². The zero-order valence-corrected chi connectivity index (χ0v) is 17.3. The summed E-state index contributed by atoms with van der Waals surface area (Å²) in [6, 6.07) is 0.487. The molecule has 0 aliphatic heterocycles. The molecular weight excluding hydrogens is 479 g/mol. The van der Waals surface area contributed by atoms with E-state index in [1.807, 2.05) is 5.32 Å². The lowest BCUT2D eigenvalue weighted by Crippen LogP contribution is -2.40. The lowest BCUT2D eigenvalue weighted by molar-refractivity contribution is -0.142. The van der Waals surface area contributed by atoms with Crippen molar-refractivity contribution >= 4 is 66.8 Å². The molecule has 0 aliphatic carbocycles. The number of nitrogens with two attached hydrogens (primary N) is 2. The second kappa shape index (κ2) is 9.21. The van der Waals surface area contributed by atoms with Gasteiger partial charge in [0, 0.05) is 0 Å². The van der Waals surface area contributed by atoms with E-state index in [4.69, 9.17) is 43.7 Å². The smallest absolute Gasteiger partial charge is 0.317 e. The van der Waals surface area contributed by atoms with E-state index >= 15 is 0 Å². The topological polar surface area (TPSA) is 227 Å². The Balaban J connectivity index is 3.40. The van der Waals surface area contributed by atoms with Crippen molar-refractivity contribution in [3.8, 4) is 0 Å². The molecule has 162 valence electrons. The minimum absolute atomic E-state index is 0.487. The molecule has 0 heterocycles. The van der Waals surface area contributed by atoms with Gasteiger partial charge >= 0.3 is 11.9 Å². The Morgan fingerprint density at radius 2 is 1.34 bits per heavy atom. The van der Waals surface area contributed by atoms with E-state index in [1.165, 1.54) is 0 Å². The highest BCUT2D eigenvalue weighted by Gasteiger charge is 2.28. The molecule has 0 aromatic heterocycles. The molecule has 0 aliphatic rings. The molecular formula is C12H14Cl2N4O9S2. The highest BCUT2D eigenvalue weighted by molar-refractivity contribution is 7.90. The van der Waals surface area contributed by atoms with Crippen LogP contribution in [0, 0.1) is 0 Å². The Hall–Kier alpha value is -2.01. The molecule has 1 rings (SSSR count). The number of carbonyl (C=O) groups is 3. The molecule has 13 nitrogen and oxygen atoms in total. The predicted octanol–water partition coefficient (Wildman–Crippen LogP) is -1.30. The number of primary sulfonamides is 2. The number of carboxylic acids is 2. The van der Waals surface area contributed by atoms with E-state index in [-0.39, 0.29) is 0 Å². The molecule has 0 atom stereocenters. The molecule has 0 saturated carbocycles. The van der Waals surface area contributed by atoms with Gasteiger partial charge in [-0.25, -0.2) is 27.1 Å². The van der Waals surface area contributed by atoms with Crippen molar-refractivity contribution < 1.29 is 41.4 Å². The zero-order valence-electron chi connectivity index (χ0n) is 14.1. The first-order chi connectivity index (χ1) is 13.0. The van der Waals surface area contributed by atoms with E-state index in [2.05, 4.69) is 0 Å². The summed E-state index contributed by atoms with van der Waals surface area (Å²) < 4.78 is 46.8. The van der Waals surface area contributed by atoms with Crippen molar-refractivity contribution in [2.24, 2.45) is 10.3 Å². The van der Waals surface area contributed by atoms with Crippen molar-refractivity contribution in [1.82, 2.24) is 4.90 Å². The maximum atomic E-state index is 12.2. The number of sulfonamides is 2. The first kappa shape index (κ1) is 25.0. The van der Waals surface area contributed by atoms with Gasteiger partial charge in [0.2, 0.25) is 26.0 Å². The fourth-order valence-corrected chi connectivity index (χ4v) is 4.32. The van der Waals surface area contributed by atoms with Crippen LogP contribution in [0.15, 0.2) is 15.9 Å². The van der Waals surface area contributed by atoms with Crippen LogP contribution < -0.4 is 15.6 Å². The second-order valence-electron chi connectivity index (χ2n) is 5.45. The van der Waals surface area contributed by atoms with Gasteiger partial charge in [0.1, 0.15) is 9.79 Å². The van der Waals surface area contributed by atoms with Crippen molar-refractivity contribution in [2.45, 2.75) is 9.79 Å². The summed E-state index contributed by atoms with van der Waals surface area (Å²) in [5.41, 5.74) is -0.692. The number of hydrogen-bond acceptors (Lipinski definition) is 8. The third kappa shape index (κ3) is 7.07. The Morgan fingerprint density at radius 1 is 0.897 bits per heavy atom. The van der Waals surface area contributed by atoms with Crippen molar-refractivity contribution in [2.75, 3.05) is 25.0 Å². The zero-order chi connectivity index (χ0) is 22.7. The van der Waals surface area contributed by atoms with Crippen LogP contribution in [0.2, 0.25) is 10.0 Å². The van der Waals surface area contributed by atoms with E-state index in [1.54, 1.807) is 0 Å². The highest BCUT2D eigenvalue weighted by Crippen LogP contribution is 2.39. The van der Waals surface area contributed by atoms with Crippen LogP contribution >= 0.6 is 23.2 Å². The van der Waals surface area contributed by atoms with Crippen LogP contribution in [-0.4, -0.2) is 69.4 Å². The molecule has 1 aromatic carbocycles. The number of halogens is 2. The van der Waals surface area contributed by atoms with Crippen LogP contribution in [0.3, 0.4) is 0 Å². The number of nitrogens with one attached hydrogen (secondary N) is 1. The number of carbonyl (C=O) groups excluding carboxylic acids is 1. The molecule has 0 bridgehead atoms. The van der Waals surface area contributed by atoms with Crippen LogP contribution in [0.4, 0.5) is 5.69 Å². The summed E-state index contributed by atoms with van der Waals surface area (Å²) in [5, 5.41) is 28.1. The van der Waals surface area contributed by atoms with Crippen molar-refractivity contribution in [3.05, 3.63) is 16.1 Å². The van der Waals surface area contributed by atoms with Gasteiger partial charge in [0.15, 0.2) is 0 Å². The van der Waals surface area contributed by atoms with Gasteiger partial charge in [-0.2, -0.15) is 0 Å². The summed E-state index contributed by atoms with van der Waals surface area (Å²) in [4.78, 5) is 32.7. The lowest BCUT2D eigenvalue weighted by Gasteiger charge is -2.19. The van der Waals surface area contributed by atoms with E-state index in [0.717, 1.165) is 0 Å². The van der Waals surface area contributed by atoms with Gasteiger partial charge in [-0.1, -0.05) is 23.2 Å². The Morgan fingerprint density at radius 3 is 1.72 bits per heavy atom. The van der Waals surface area contributed by atoms with Crippen molar-refractivity contribution in [1.29, 1.82) is 0 Å². The van der Waals surface area contributed by atoms with E-state index in [0.29, 0.717) is 11.0 Å². The van der Waals surface area contributed by atoms with Crippen LogP contribution in [0.5, 0.6) is 0 Å². The highest BCUT2D eigenvalue weighted by atomic mass is 35.5. The predicted molar refractivity (Wildman–Crippen MR) is 99.5 cm³/mol. The van der Waals surface area contributed by atoms with Gasteiger partial charge < -0.3 is 15.5 Å². The Kier molecular flexibility index (Phi) is 7.94. The number of aliphatic carboxylic acids is 2. The maximum absolute atomic E-state index is 12.2. The normalized spacial score (nSPS) is 12.0. The first-order valence-corrected chi connectivity index (χ1v) is 10.9. The summed E-state index contributed by atoms with van der Waals surface area (Å²) in [7, 11) is -9.17. The number of amides is 1. The minimum Gasteiger partial charge on any atom is -0.480 e. The van der Waals surface area contributed by atoms with Gasteiger partial charge in [-0.15, -0.1) is 0 Å². The lowest BCUT2D eigenvalue weighted by atomic mass is 10.3. The molecule has 29 heavy (non-hydrogen) atoms. The quantitative estimate of drug-likeness (QED) is 0.273. The van der Waals surface area contributed by atoms with Crippen molar-refractivity contribution in [3.63, 3.8) is 0 Å². The number of carboxylic acid groups (broad SMARTS) is 2. The monoisotopic (exact) mass is 492 g/mol. The summed E-state index contributed by atoms with van der Waals surface area (Å²) in [6.45, 7) is -2.44. The summed E-state index contributed by atoms with van der Waals surface area (Å²) in [5.74, 6) is -3.94. The molecule has 0 spiro atoms. The Labute approximate surface area is 174 Å². The summed E-state index contributed by atoms with van der Waals surface area (Å²) in [6.07, 6.45) is 0. The van der Waals surface area contributed by atoms with Crippen LogP contribution in [0.25, 0.3) is 0 Å². The van der Waals surface area contributed by atoms with Gasteiger partial charge in [-0.05, 0) is 6.07 Å². The molecule has 0 radical (unpaired) electrons. The summed E-state index contributed by atoms with van der Waals surface area (Å²) >= 11 is 11.7. The molecule has 7 N–H and O–H groups in total. The average molecular weight is 493 g/mol. The van der Waals surface area contributed by atoms with Crippen LogP contribution in [0.1, 0.15) is 0 Å². The Bertz CT molecular complexity index is 1060. The number of benzene rings is 1. The third-order valence-electron chi connectivity index (χ3n) is 3.10. The standard InChI is InChI=1S/C12H14Cl2N4O9S2/c13-10-5(28(15,24)25)1-6(29(16,26)27)12(11(10)14)17-7(19)2-18(3-8(20)21)4-9(22)23/h1H,2-4H2,(H,17,19)(H,20,21)(H,22,23)(H2,15,24,25)(H2,16,26,27). The minimum atomic E-state index is -4.65. The molecule has 0 fully saturated rings.